The minimum atomic E-state index is -0.540. The van der Waals surface area contributed by atoms with Crippen molar-refractivity contribution >= 4 is 27.7 Å². The molecule has 0 spiro atoms. The number of amides is 2. The second kappa shape index (κ2) is 8.09. The van der Waals surface area contributed by atoms with Crippen molar-refractivity contribution in [2.75, 3.05) is 40.4 Å². The number of halogens is 1. The maximum atomic E-state index is 13.6. The molecule has 0 radical (unpaired) electrons. The van der Waals surface area contributed by atoms with Crippen LogP contribution in [-0.4, -0.2) is 62.0 Å². The third-order valence-electron chi connectivity index (χ3n) is 5.65. The van der Waals surface area contributed by atoms with Crippen molar-refractivity contribution in [3.05, 3.63) is 34.3 Å². The summed E-state index contributed by atoms with van der Waals surface area (Å²) in [5.74, 6) is 0.177. The Kier molecular flexibility index (Phi) is 6.03. The van der Waals surface area contributed by atoms with Crippen molar-refractivity contribution in [2.45, 2.75) is 31.1 Å². The molecule has 0 saturated carbocycles. The zero-order chi connectivity index (χ0) is 18.7. The van der Waals surface area contributed by atoms with E-state index in [2.05, 4.69) is 15.9 Å². The summed E-state index contributed by atoms with van der Waals surface area (Å²) in [5.41, 5.74) is 0.511. The van der Waals surface area contributed by atoms with Gasteiger partial charge in [-0.05, 0) is 43.4 Å². The van der Waals surface area contributed by atoms with Crippen molar-refractivity contribution in [1.82, 2.24) is 9.80 Å². The van der Waals surface area contributed by atoms with Gasteiger partial charge in [-0.15, -0.1) is 0 Å². The Morgan fingerprint density at radius 2 is 1.85 bits per heavy atom. The SMILES string of the molecule is CN(C)C(=O)C1CCCN(C(=O)C2(c3ccc(Br)cc3)CCOCC2)C1. The van der Waals surface area contributed by atoms with E-state index < -0.39 is 5.41 Å². The first-order valence-corrected chi connectivity index (χ1v) is 10.1. The van der Waals surface area contributed by atoms with Crippen molar-refractivity contribution in [2.24, 2.45) is 5.92 Å². The quantitative estimate of drug-likeness (QED) is 0.752. The molecule has 6 heteroatoms. The van der Waals surface area contributed by atoms with Gasteiger partial charge in [-0.1, -0.05) is 28.1 Å². The normalized spacial score (nSPS) is 22.7. The number of nitrogens with zero attached hydrogens (tertiary/aromatic N) is 2. The van der Waals surface area contributed by atoms with Crippen LogP contribution >= 0.6 is 15.9 Å². The maximum absolute atomic E-state index is 13.6. The number of benzene rings is 1. The van der Waals surface area contributed by atoms with Gasteiger partial charge in [0.1, 0.15) is 0 Å². The van der Waals surface area contributed by atoms with Crippen molar-refractivity contribution in [3.63, 3.8) is 0 Å². The van der Waals surface area contributed by atoms with Crippen LogP contribution < -0.4 is 0 Å². The van der Waals surface area contributed by atoms with Crippen molar-refractivity contribution in [1.29, 1.82) is 0 Å². The van der Waals surface area contributed by atoms with Crippen molar-refractivity contribution < 1.29 is 14.3 Å². The molecule has 2 amide bonds. The standard InChI is InChI=1S/C20H27BrN2O3/c1-22(2)18(24)15-4-3-11-23(14-15)19(25)20(9-12-26-13-10-20)16-5-7-17(21)8-6-16/h5-8,15H,3-4,9-14H2,1-2H3. The van der Waals surface area contributed by atoms with Crippen LogP contribution in [0.4, 0.5) is 0 Å². The molecule has 2 aliphatic heterocycles. The Balaban J connectivity index is 1.86. The third kappa shape index (κ3) is 3.81. The Bertz CT molecular complexity index is 654. The van der Waals surface area contributed by atoms with Gasteiger partial charge in [0.2, 0.25) is 11.8 Å². The lowest BCUT2D eigenvalue weighted by Crippen LogP contribution is -2.54. The second-order valence-corrected chi connectivity index (χ2v) is 8.44. The number of carbonyl (C=O) groups is 2. The van der Waals surface area contributed by atoms with Crippen LogP contribution in [0.15, 0.2) is 28.7 Å². The van der Waals surface area contributed by atoms with Crippen LogP contribution in [0, 0.1) is 5.92 Å². The summed E-state index contributed by atoms with van der Waals surface area (Å²) in [6, 6.07) is 8.07. The number of hydrogen-bond donors (Lipinski definition) is 0. The molecule has 2 fully saturated rings. The second-order valence-electron chi connectivity index (χ2n) is 7.52. The largest absolute Gasteiger partial charge is 0.381 e. The van der Waals surface area contributed by atoms with Crippen LogP contribution in [0.5, 0.6) is 0 Å². The first-order valence-electron chi connectivity index (χ1n) is 9.28. The van der Waals surface area contributed by atoms with Crippen LogP contribution in [-0.2, 0) is 19.7 Å². The Hall–Kier alpha value is -1.40. The molecule has 0 N–H and O–H groups in total. The van der Waals surface area contributed by atoms with Gasteiger partial charge in [-0.3, -0.25) is 9.59 Å². The summed E-state index contributed by atoms with van der Waals surface area (Å²) in [7, 11) is 3.57. The molecule has 1 unspecified atom stereocenters. The summed E-state index contributed by atoms with van der Waals surface area (Å²) >= 11 is 3.48. The zero-order valence-corrected chi connectivity index (χ0v) is 17.1. The molecule has 0 aliphatic carbocycles. The molecule has 0 aromatic heterocycles. The molecule has 2 saturated heterocycles. The lowest BCUT2D eigenvalue weighted by Gasteiger charge is -2.42. The maximum Gasteiger partial charge on any atom is 0.233 e. The predicted molar refractivity (Wildman–Crippen MR) is 104 cm³/mol. The van der Waals surface area contributed by atoms with Crippen LogP contribution in [0.1, 0.15) is 31.2 Å². The van der Waals surface area contributed by atoms with Gasteiger partial charge in [-0.2, -0.15) is 0 Å². The Morgan fingerprint density at radius 3 is 2.46 bits per heavy atom. The van der Waals surface area contributed by atoms with Gasteiger partial charge in [0.25, 0.3) is 0 Å². The molecule has 1 aromatic carbocycles. The summed E-state index contributed by atoms with van der Waals surface area (Å²) in [6.07, 6.45) is 3.12. The van der Waals surface area contributed by atoms with E-state index in [4.69, 9.17) is 4.74 Å². The van der Waals surface area contributed by atoms with Crippen molar-refractivity contribution in [3.8, 4) is 0 Å². The molecule has 3 rings (SSSR count). The van der Waals surface area contributed by atoms with E-state index >= 15 is 0 Å². The van der Waals surface area contributed by atoms with E-state index in [0.29, 0.717) is 32.6 Å². The molecule has 142 valence electrons. The summed E-state index contributed by atoms with van der Waals surface area (Å²) in [5, 5.41) is 0. The minimum absolute atomic E-state index is 0.0930. The van der Waals surface area contributed by atoms with Gasteiger partial charge in [-0.25, -0.2) is 0 Å². The monoisotopic (exact) mass is 422 g/mol. The van der Waals surface area contributed by atoms with Gasteiger partial charge in [0, 0.05) is 44.9 Å². The van der Waals surface area contributed by atoms with E-state index in [1.165, 1.54) is 0 Å². The van der Waals surface area contributed by atoms with Gasteiger partial charge < -0.3 is 14.5 Å². The average Bonchev–Trinajstić information content (AvgIpc) is 2.68. The first kappa shape index (κ1) is 19.4. The summed E-state index contributed by atoms with van der Waals surface area (Å²) in [4.78, 5) is 29.6. The third-order valence-corrected chi connectivity index (χ3v) is 6.18. The average molecular weight is 423 g/mol. The highest BCUT2D eigenvalue weighted by molar-refractivity contribution is 9.10. The fraction of sp³-hybridized carbons (Fsp3) is 0.600. The van der Waals surface area contributed by atoms with E-state index in [0.717, 1.165) is 29.4 Å². The summed E-state index contributed by atoms with van der Waals surface area (Å²) in [6.45, 7) is 2.44. The van der Waals surface area contributed by atoms with E-state index in [-0.39, 0.29) is 17.7 Å². The van der Waals surface area contributed by atoms with Crippen LogP contribution in [0.25, 0.3) is 0 Å². The molecule has 1 aromatic rings. The van der Waals surface area contributed by atoms with E-state index in [1.807, 2.05) is 29.2 Å². The molecule has 1 atom stereocenters. The first-order chi connectivity index (χ1) is 12.4. The highest BCUT2D eigenvalue weighted by Crippen LogP contribution is 2.38. The predicted octanol–water partition coefficient (Wildman–Crippen LogP) is 2.82. The lowest BCUT2D eigenvalue weighted by atomic mass is 9.72. The van der Waals surface area contributed by atoms with Crippen LogP contribution in [0.2, 0.25) is 0 Å². The van der Waals surface area contributed by atoms with E-state index in [9.17, 15) is 9.59 Å². The molecule has 2 heterocycles. The topological polar surface area (TPSA) is 49.9 Å². The number of rotatable bonds is 3. The van der Waals surface area contributed by atoms with Crippen LogP contribution in [0.3, 0.4) is 0 Å². The molecule has 5 nitrogen and oxygen atoms in total. The molecule has 26 heavy (non-hydrogen) atoms. The molecular weight excluding hydrogens is 396 g/mol. The number of piperidine rings is 1. The van der Waals surface area contributed by atoms with E-state index in [1.54, 1.807) is 19.0 Å². The number of hydrogen-bond acceptors (Lipinski definition) is 3. The number of likely N-dealkylation sites (tertiary alicyclic amines) is 1. The molecule has 0 bridgehead atoms. The highest BCUT2D eigenvalue weighted by Gasteiger charge is 2.45. The molecule has 2 aliphatic rings. The minimum Gasteiger partial charge on any atom is -0.381 e. The number of ether oxygens (including phenoxy) is 1. The highest BCUT2D eigenvalue weighted by atomic mass is 79.9. The van der Waals surface area contributed by atoms with Gasteiger partial charge in [0.05, 0.1) is 11.3 Å². The molecular formula is C20H27BrN2O3. The Labute approximate surface area is 163 Å². The smallest absolute Gasteiger partial charge is 0.233 e. The summed E-state index contributed by atoms with van der Waals surface area (Å²) < 4.78 is 6.56. The lowest BCUT2D eigenvalue weighted by molar-refractivity contribution is -0.146. The zero-order valence-electron chi connectivity index (χ0n) is 15.5. The fourth-order valence-corrected chi connectivity index (χ4v) is 4.41. The fourth-order valence-electron chi connectivity index (χ4n) is 4.15. The Morgan fingerprint density at radius 1 is 1.19 bits per heavy atom. The van der Waals surface area contributed by atoms with Gasteiger partial charge in [0.15, 0.2) is 0 Å². The van der Waals surface area contributed by atoms with Gasteiger partial charge >= 0.3 is 0 Å². The number of carbonyl (C=O) groups excluding carboxylic acids is 2.